The van der Waals surface area contributed by atoms with E-state index in [9.17, 15) is 4.79 Å². The van der Waals surface area contributed by atoms with Crippen LogP contribution < -0.4 is 19.6 Å². The van der Waals surface area contributed by atoms with Gasteiger partial charge in [-0.25, -0.2) is 0 Å². The molecule has 0 bridgehead atoms. The van der Waals surface area contributed by atoms with E-state index in [1.54, 1.807) is 0 Å². The van der Waals surface area contributed by atoms with Crippen molar-refractivity contribution in [3.05, 3.63) is 99.3 Å². The molecule has 0 spiro atoms. The molecule has 0 radical (unpaired) electrons. The maximum atomic E-state index is 12.9. The average molecular weight is 442 g/mol. The molecule has 6 nitrogen and oxygen atoms in total. The lowest BCUT2D eigenvalue weighted by atomic mass is 10.2. The number of fused-ring (bicyclic) bond motifs is 1. The molecule has 32 heavy (non-hydrogen) atoms. The van der Waals surface area contributed by atoms with Gasteiger partial charge in [-0.05, 0) is 67.1 Å². The summed E-state index contributed by atoms with van der Waals surface area (Å²) >= 11 is 1.31. The van der Waals surface area contributed by atoms with E-state index in [4.69, 9.17) is 9.47 Å². The molecule has 0 saturated heterocycles. The lowest BCUT2D eigenvalue weighted by molar-refractivity contribution is 0.340. The number of thiazole rings is 1. The highest BCUT2D eigenvalue weighted by Gasteiger charge is 2.12. The zero-order chi connectivity index (χ0) is 21.9. The summed E-state index contributed by atoms with van der Waals surface area (Å²) in [5.74, 6) is 2.77. The summed E-state index contributed by atoms with van der Waals surface area (Å²) in [5.41, 5.74) is 1.51. The Morgan fingerprint density at radius 1 is 0.938 bits per heavy atom. The monoisotopic (exact) mass is 441 g/mol. The molecule has 0 N–H and O–H groups in total. The Morgan fingerprint density at radius 2 is 1.72 bits per heavy atom. The first-order valence-corrected chi connectivity index (χ1v) is 11.0. The van der Waals surface area contributed by atoms with Gasteiger partial charge in [-0.2, -0.15) is 9.50 Å². The average Bonchev–Trinajstić information content (AvgIpc) is 3.35. The molecule has 0 unspecified atom stereocenters. The standard InChI is InChI=1S/C25H19N3O3S/c1-2-30-19-13-11-18(12-14-19)23-26-25-28(27-23)24(29)22(32-25)16-17-7-6-10-21(15-17)31-20-8-4-3-5-9-20/h3-16H,2H2,1H3/b22-16-. The summed E-state index contributed by atoms with van der Waals surface area (Å²) in [5, 5.41) is 4.41. The topological polar surface area (TPSA) is 65.7 Å². The summed E-state index contributed by atoms with van der Waals surface area (Å²) in [6.45, 7) is 2.55. The van der Waals surface area contributed by atoms with E-state index < -0.39 is 0 Å². The third-order valence-electron chi connectivity index (χ3n) is 4.74. The number of para-hydroxylation sites is 1. The molecule has 0 atom stereocenters. The molecule has 0 saturated carbocycles. The molecule has 158 valence electrons. The molecule has 0 fully saturated rings. The minimum absolute atomic E-state index is 0.191. The number of benzene rings is 3. The fraction of sp³-hybridized carbons (Fsp3) is 0.0800. The number of hydrogen-bond acceptors (Lipinski definition) is 6. The fourth-order valence-corrected chi connectivity index (χ4v) is 4.17. The van der Waals surface area contributed by atoms with Crippen LogP contribution in [-0.2, 0) is 0 Å². The van der Waals surface area contributed by atoms with E-state index in [0.29, 0.717) is 27.7 Å². The maximum absolute atomic E-state index is 12.9. The van der Waals surface area contributed by atoms with Gasteiger partial charge in [-0.3, -0.25) is 4.79 Å². The van der Waals surface area contributed by atoms with E-state index in [1.807, 2.05) is 91.9 Å². The van der Waals surface area contributed by atoms with Crippen LogP contribution >= 0.6 is 11.3 Å². The van der Waals surface area contributed by atoms with Crippen LogP contribution in [0.1, 0.15) is 12.5 Å². The number of hydrogen-bond donors (Lipinski definition) is 0. The summed E-state index contributed by atoms with van der Waals surface area (Å²) in [6, 6.07) is 24.7. The SMILES string of the molecule is CCOc1ccc(-c2nc3s/c(=C\c4cccc(Oc5ccccc5)c4)c(=O)n3n2)cc1. The first kappa shape index (κ1) is 20.0. The predicted octanol–water partition coefficient (Wildman–Crippen LogP) is 4.56. The van der Waals surface area contributed by atoms with Gasteiger partial charge in [0.15, 0.2) is 5.82 Å². The van der Waals surface area contributed by atoms with Crippen molar-refractivity contribution in [1.29, 1.82) is 0 Å². The number of rotatable bonds is 6. The van der Waals surface area contributed by atoms with E-state index in [2.05, 4.69) is 10.1 Å². The fourth-order valence-electron chi connectivity index (χ4n) is 3.27. The Morgan fingerprint density at radius 3 is 2.47 bits per heavy atom. The number of nitrogens with zero attached hydrogens (tertiary/aromatic N) is 3. The van der Waals surface area contributed by atoms with Gasteiger partial charge in [0.25, 0.3) is 5.56 Å². The minimum atomic E-state index is -0.191. The molecule has 3 aromatic carbocycles. The lowest BCUT2D eigenvalue weighted by Crippen LogP contribution is -2.23. The summed E-state index contributed by atoms with van der Waals surface area (Å²) in [6.07, 6.45) is 1.83. The van der Waals surface area contributed by atoms with Crippen molar-refractivity contribution in [3.8, 4) is 28.6 Å². The van der Waals surface area contributed by atoms with E-state index in [-0.39, 0.29) is 5.56 Å². The molecular formula is C25H19N3O3S. The Labute approximate surface area is 188 Å². The molecule has 0 aliphatic rings. The van der Waals surface area contributed by atoms with Crippen LogP contribution in [0.3, 0.4) is 0 Å². The molecule has 7 heteroatoms. The van der Waals surface area contributed by atoms with Gasteiger partial charge in [0, 0.05) is 5.56 Å². The molecule has 0 amide bonds. The second-order valence-electron chi connectivity index (χ2n) is 6.99. The highest BCUT2D eigenvalue weighted by molar-refractivity contribution is 7.15. The molecule has 5 aromatic rings. The summed E-state index contributed by atoms with van der Waals surface area (Å²) < 4.78 is 13.3. The van der Waals surface area contributed by atoms with Crippen LogP contribution in [0.4, 0.5) is 0 Å². The van der Waals surface area contributed by atoms with Crippen molar-refractivity contribution in [2.45, 2.75) is 6.92 Å². The van der Waals surface area contributed by atoms with Gasteiger partial charge >= 0.3 is 0 Å². The molecule has 0 aliphatic heterocycles. The van der Waals surface area contributed by atoms with Gasteiger partial charge in [0.2, 0.25) is 4.96 Å². The van der Waals surface area contributed by atoms with Crippen LogP contribution in [0, 0.1) is 0 Å². The predicted molar refractivity (Wildman–Crippen MR) is 125 cm³/mol. The zero-order valence-electron chi connectivity index (χ0n) is 17.3. The third-order valence-corrected chi connectivity index (χ3v) is 5.70. The van der Waals surface area contributed by atoms with Crippen molar-refractivity contribution in [2.24, 2.45) is 0 Å². The Balaban J connectivity index is 1.44. The largest absolute Gasteiger partial charge is 0.494 e. The minimum Gasteiger partial charge on any atom is -0.494 e. The third kappa shape index (κ3) is 4.10. The lowest BCUT2D eigenvalue weighted by Gasteiger charge is -2.05. The van der Waals surface area contributed by atoms with Crippen LogP contribution in [0.25, 0.3) is 22.4 Å². The van der Waals surface area contributed by atoms with E-state index in [1.165, 1.54) is 15.9 Å². The van der Waals surface area contributed by atoms with E-state index >= 15 is 0 Å². The summed E-state index contributed by atoms with van der Waals surface area (Å²) in [4.78, 5) is 18.0. The zero-order valence-corrected chi connectivity index (χ0v) is 18.1. The van der Waals surface area contributed by atoms with Crippen molar-refractivity contribution in [1.82, 2.24) is 14.6 Å². The highest BCUT2D eigenvalue weighted by Crippen LogP contribution is 2.23. The molecule has 2 aromatic heterocycles. The Hall–Kier alpha value is -3.97. The Bertz CT molecular complexity index is 1470. The van der Waals surface area contributed by atoms with Gasteiger partial charge < -0.3 is 9.47 Å². The van der Waals surface area contributed by atoms with Gasteiger partial charge in [0.05, 0.1) is 11.1 Å². The van der Waals surface area contributed by atoms with E-state index in [0.717, 1.165) is 22.6 Å². The van der Waals surface area contributed by atoms with Crippen molar-refractivity contribution in [2.75, 3.05) is 6.61 Å². The van der Waals surface area contributed by atoms with Crippen LogP contribution in [-0.4, -0.2) is 21.2 Å². The van der Waals surface area contributed by atoms with Crippen molar-refractivity contribution < 1.29 is 9.47 Å². The second-order valence-corrected chi connectivity index (χ2v) is 8.00. The van der Waals surface area contributed by atoms with Gasteiger partial charge in [-0.1, -0.05) is 41.7 Å². The number of ether oxygens (including phenoxy) is 2. The van der Waals surface area contributed by atoms with Crippen LogP contribution in [0.2, 0.25) is 0 Å². The smallest absolute Gasteiger partial charge is 0.291 e. The van der Waals surface area contributed by atoms with Crippen LogP contribution in [0.15, 0.2) is 83.7 Å². The molecular weight excluding hydrogens is 422 g/mol. The molecule has 2 heterocycles. The van der Waals surface area contributed by atoms with Gasteiger partial charge in [-0.15, -0.1) is 5.10 Å². The first-order chi connectivity index (χ1) is 15.7. The van der Waals surface area contributed by atoms with Gasteiger partial charge in [0.1, 0.15) is 17.2 Å². The normalized spacial score (nSPS) is 11.7. The maximum Gasteiger partial charge on any atom is 0.291 e. The quantitative estimate of drug-likeness (QED) is 0.387. The van der Waals surface area contributed by atoms with Crippen LogP contribution in [0.5, 0.6) is 17.2 Å². The van der Waals surface area contributed by atoms with Crippen molar-refractivity contribution in [3.63, 3.8) is 0 Å². The Kier molecular flexibility index (Phi) is 5.39. The van der Waals surface area contributed by atoms with Crippen molar-refractivity contribution >= 4 is 22.4 Å². The highest BCUT2D eigenvalue weighted by atomic mass is 32.1. The second kappa shape index (κ2) is 8.64. The molecule has 0 aliphatic carbocycles. The number of aromatic nitrogens is 3. The molecule has 5 rings (SSSR count). The summed E-state index contributed by atoms with van der Waals surface area (Å²) in [7, 11) is 0. The first-order valence-electron chi connectivity index (χ1n) is 10.2.